The summed E-state index contributed by atoms with van der Waals surface area (Å²) in [6.07, 6.45) is 3.95. The fourth-order valence-electron chi connectivity index (χ4n) is 2.09. The molecule has 0 saturated heterocycles. The Morgan fingerprint density at radius 3 is 2.81 bits per heavy atom. The molecule has 0 bridgehead atoms. The second-order valence-corrected chi connectivity index (χ2v) is 7.32. The lowest BCUT2D eigenvalue weighted by molar-refractivity contribution is 0.0799. The molecule has 2 rings (SSSR count). The van der Waals surface area contributed by atoms with E-state index in [1.54, 1.807) is 12.3 Å². The molecule has 0 aliphatic heterocycles. The monoisotopic (exact) mass is 315 g/mol. The number of sulfonamides is 1. The van der Waals surface area contributed by atoms with Crippen LogP contribution >= 0.6 is 0 Å². The number of hydrogen-bond acceptors (Lipinski definition) is 4. The average molecular weight is 315 g/mol. The third-order valence-electron chi connectivity index (χ3n) is 3.55. The van der Waals surface area contributed by atoms with Crippen molar-refractivity contribution in [2.24, 2.45) is 7.05 Å². The second-order valence-electron chi connectivity index (χ2n) is 5.55. The maximum atomic E-state index is 12.3. The molecule has 1 unspecified atom stereocenters. The van der Waals surface area contributed by atoms with Gasteiger partial charge in [-0.2, -0.15) is 0 Å². The van der Waals surface area contributed by atoms with Gasteiger partial charge in [0, 0.05) is 44.7 Å². The van der Waals surface area contributed by atoms with E-state index in [1.807, 2.05) is 25.5 Å². The van der Waals surface area contributed by atoms with Crippen molar-refractivity contribution >= 4 is 10.0 Å². The van der Waals surface area contributed by atoms with Crippen molar-refractivity contribution in [3.05, 3.63) is 18.0 Å². The van der Waals surface area contributed by atoms with Gasteiger partial charge in [0.2, 0.25) is 10.0 Å². The summed E-state index contributed by atoms with van der Waals surface area (Å²) >= 11 is 0. The predicted molar refractivity (Wildman–Crippen MR) is 81.6 cm³/mol. The zero-order chi connectivity index (χ0) is 15.5. The predicted octanol–water partition coefficient (Wildman–Crippen LogP) is 0.980. The van der Waals surface area contributed by atoms with Crippen LogP contribution in [0.25, 0.3) is 0 Å². The molecular formula is C14H25N3O3S. The highest BCUT2D eigenvalue weighted by Gasteiger charge is 2.22. The molecule has 21 heavy (non-hydrogen) atoms. The first-order chi connectivity index (χ1) is 9.92. The number of nitrogens with one attached hydrogen (secondary N) is 2. The summed E-state index contributed by atoms with van der Waals surface area (Å²) in [6, 6.07) is 2.33. The molecule has 0 radical (unpaired) electrons. The van der Waals surface area contributed by atoms with Crippen LogP contribution in [0.15, 0.2) is 17.2 Å². The van der Waals surface area contributed by atoms with Crippen LogP contribution in [-0.4, -0.2) is 38.3 Å². The van der Waals surface area contributed by atoms with Crippen LogP contribution in [-0.2, 0) is 28.4 Å². The minimum Gasteiger partial charge on any atom is -0.377 e. The van der Waals surface area contributed by atoms with Crippen molar-refractivity contribution in [3.63, 3.8) is 0 Å². The molecule has 0 aromatic carbocycles. The van der Waals surface area contributed by atoms with Crippen molar-refractivity contribution in [2.75, 3.05) is 13.2 Å². The van der Waals surface area contributed by atoms with Gasteiger partial charge >= 0.3 is 0 Å². The van der Waals surface area contributed by atoms with Gasteiger partial charge in [-0.1, -0.05) is 0 Å². The van der Waals surface area contributed by atoms with E-state index < -0.39 is 10.0 Å². The van der Waals surface area contributed by atoms with Crippen molar-refractivity contribution in [2.45, 2.75) is 50.3 Å². The Morgan fingerprint density at radius 2 is 2.19 bits per heavy atom. The van der Waals surface area contributed by atoms with E-state index in [9.17, 15) is 8.42 Å². The van der Waals surface area contributed by atoms with Crippen LogP contribution in [0.4, 0.5) is 0 Å². The third kappa shape index (κ3) is 4.81. The molecule has 1 heterocycles. The molecular weight excluding hydrogens is 290 g/mol. The first-order valence-corrected chi connectivity index (χ1v) is 8.90. The Bertz CT molecular complexity index is 564. The lowest BCUT2D eigenvalue weighted by atomic mass is 10.4. The van der Waals surface area contributed by atoms with Gasteiger partial charge in [0.05, 0.1) is 11.0 Å². The van der Waals surface area contributed by atoms with Gasteiger partial charge in [0.15, 0.2) is 0 Å². The second kappa shape index (κ2) is 6.91. The summed E-state index contributed by atoms with van der Waals surface area (Å²) < 4.78 is 34.3. The number of nitrogens with zero attached hydrogens (tertiary/aromatic N) is 1. The molecule has 1 aliphatic carbocycles. The summed E-state index contributed by atoms with van der Waals surface area (Å²) in [5.41, 5.74) is 0.972. The van der Waals surface area contributed by atoms with E-state index in [4.69, 9.17) is 4.74 Å². The molecule has 1 fully saturated rings. The fourth-order valence-corrected chi connectivity index (χ4v) is 3.30. The molecule has 1 atom stereocenters. The highest BCUT2D eigenvalue weighted by molar-refractivity contribution is 7.89. The normalized spacial score (nSPS) is 17.1. The standard InChI is InChI=1S/C14H25N3O3S/c1-4-20-11(2)8-16-21(18,19)14-7-13(17(3)10-14)9-15-12-5-6-12/h7,10-12,15-16H,4-6,8-9H2,1-3H3. The number of aryl methyl sites for hydroxylation is 1. The molecule has 6 nitrogen and oxygen atoms in total. The van der Waals surface area contributed by atoms with Gasteiger partial charge in [0.25, 0.3) is 0 Å². The van der Waals surface area contributed by atoms with Crippen molar-refractivity contribution < 1.29 is 13.2 Å². The van der Waals surface area contributed by atoms with Crippen LogP contribution < -0.4 is 10.0 Å². The van der Waals surface area contributed by atoms with Crippen LogP contribution in [0.1, 0.15) is 32.4 Å². The van der Waals surface area contributed by atoms with E-state index in [0.717, 1.165) is 5.69 Å². The summed E-state index contributed by atoms with van der Waals surface area (Å²) in [5.74, 6) is 0. The summed E-state index contributed by atoms with van der Waals surface area (Å²) in [4.78, 5) is 0.307. The minimum atomic E-state index is -3.48. The molecule has 1 saturated carbocycles. The summed E-state index contributed by atoms with van der Waals surface area (Å²) in [5, 5.41) is 3.39. The quantitative estimate of drug-likeness (QED) is 0.712. The molecule has 7 heteroatoms. The smallest absolute Gasteiger partial charge is 0.242 e. The Kier molecular flexibility index (Phi) is 5.43. The zero-order valence-corrected chi connectivity index (χ0v) is 13.7. The van der Waals surface area contributed by atoms with Gasteiger partial charge in [-0.25, -0.2) is 13.1 Å². The van der Waals surface area contributed by atoms with E-state index in [1.165, 1.54) is 12.8 Å². The maximum absolute atomic E-state index is 12.3. The van der Waals surface area contributed by atoms with E-state index in [0.29, 0.717) is 24.1 Å². The Balaban J connectivity index is 1.96. The number of ether oxygens (including phenoxy) is 1. The van der Waals surface area contributed by atoms with E-state index in [2.05, 4.69) is 10.0 Å². The number of hydrogen-bond donors (Lipinski definition) is 2. The largest absolute Gasteiger partial charge is 0.377 e. The molecule has 1 aromatic rings. The summed E-state index contributed by atoms with van der Waals surface area (Å²) in [6.45, 7) is 5.29. The lowest BCUT2D eigenvalue weighted by Gasteiger charge is -2.12. The van der Waals surface area contributed by atoms with Gasteiger partial charge in [-0.05, 0) is 32.8 Å². The van der Waals surface area contributed by atoms with Crippen molar-refractivity contribution in [3.8, 4) is 0 Å². The topological polar surface area (TPSA) is 72.4 Å². The molecule has 0 spiro atoms. The Hall–Kier alpha value is -0.890. The zero-order valence-electron chi connectivity index (χ0n) is 12.9. The summed E-state index contributed by atoms with van der Waals surface area (Å²) in [7, 11) is -1.61. The Labute approximate surface area is 126 Å². The van der Waals surface area contributed by atoms with Crippen LogP contribution in [0.5, 0.6) is 0 Å². The van der Waals surface area contributed by atoms with Crippen LogP contribution in [0.2, 0.25) is 0 Å². The minimum absolute atomic E-state index is 0.135. The first-order valence-electron chi connectivity index (χ1n) is 7.42. The molecule has 1 aliphatic rings. The Morgan fingerprint density at radius 1 is 1.48 bits per heavy atom. The number of rotatable bonds is 9. The lowest BCUT2D eigenvalue weighted by Crippen LogP contribution is -2.32. The SMILES string of the molecule is CCOC(C)CNS(=O)(=O)c1cc(CNC2CC2)n(C)c1. The third-order valence-corrected chi connectivity index (χ3v) is 4.94. The molecule has 2 N–H and O–H groups in total. The van der Waals surface area contributed by atoms with Crippen molar-refractivity contribution in [1.29, 1.82) is 0 Å². The van der Waals surface area contributed by atoms with Crippen molar-refractivity contribution in [1.82, 2.24) is 14.6 Å². The van der Waals surface area contributed by atoms with Gasteiger partial charge in [0.1, 0.15) is 0 Å². The van der Waals surface area contributed by atoms with E-state index >= 15 is 0 Å². The average Bonchev–Trinajstić information content (AvgIpc) is 3.17. The number of aromatic nitrogens is 1. The first kappa shape index (κ1) is 16.5. The highest BCUT2D eigenvalue weighted by atomic mass is 32.2. The van der Waals surface area contributed by atoms with Gasteiger partial charge in [-0.3, -0.25) is 0 Å². The van der Waals surface area contributed by atoms with Gasteiger partial charge in [-0.15, -0.1) is 0 Å². The molecule has 0 amide bonds. The maximum Gasteiger partial charge on any atom is 0.242 e. The van der Waals surface area contributed by atoms with Crippen LogP contribution in [0, 0.1) is 0 Å². The van der Waals surface area contributed by atoms with Gasteiger partial charge < -0.3 is 14.6 Å². The molecule has 120 valence electrons. The fraction of sp³-hybridized carbons (Fsp3) is 0.714. The molecule has 1 aromatic heterocycles. The highest BCUT2D eigenvalue weighted by Crippen LogP contribution is 2.20. The van der Waals surface area contributed by atoms with Crippen LogP contribution in [0.3, 0.4) is 0 Å². The van der Waals surface area contributed by atoms with E-state index in [-0.39, 0.29) is 12.6 Å².